The van der Waals surface area contributed by atoms with E-state index >= 15 is 0 Å². The number of hydrogen-bond acceptors (Lipinski definition) is 8. The number of amides is 2. The molecule has 0 aromatic heterocycles. The van der Waals surface area contributed by atoms with E-state index in [4.69, 9.17) is 9.57 Å². The summed E-state index contributed by atoms with van der Waals surface area (Å²) in [6.07, 6.45) is -1.24. The van der Waals surface area contributed by atoms with Gasteiger partial charge >= 0.3 is 0 Å². The van der Waals surface area contributed by atoms with Gasteiger partial charge in [-0.25, -0.2) is 4.90 Å². The smallest absolute Gasteiger partial charge is 0.278 e. The number of hydrogen-bond donors (Lipinski definition) is 0. The highest BCUT2D eigenvalue weighted by atomic mass is 16.7. The molecule has 2 amide bonds. The van der Waals surface area contributed by atoms with Gasteiger partial charge in [-0.15, -0.1) is 0 Å². The maximum Gasteiger partial charge on any atom is 0.278 e. The second-order valence-corrected chi connectivity index (χ2v) is 6.38. The maximum atomic E-state index is 12.9. The summed E-state index contributed by atoms with van der Waals surface area (Å²) in [6.45, 7) is 0. The number of Topliss-reactive ketones (excluding diaryl/α,β-unsaturated/α-hetero) is 1. The number of oxime groups is 1. The van der Waals surface area contributed by atoms with Gasteiger partial charge in [-0.1, -0.05) is 17.3 Å². The molecule has 0 N–H and O–H groups in total. The van der Waals surface area contributed by atoms with Crippen molar-refractivity contribution in [2.45, 2.75) is 6.10 Å². The number of carboxylic acids is 1. The van der Waals surface area contributed by atoms with Crippen LogP contribution < -0.4 is 14.7 Å². The molecule has 2 aliphatic heterocycles. The van der Waals surface area contributed by atoms with Gasteiger partial charge in [0.1, 0.15) is 17.4 Å². The number of imide groups is 1. The topological polar surface area (TPSA) is 125 Å². The zero-order valence-corrected chi connectivity index (χ0v) is 15.0. The molecule has 0 saturated carbocycles. The highest BCUT2D eigenvalue weighted by molar-refractivity contribution is 6.52. The second-order valence-electron chi connectivity index (χ2n) is 6.38. The standard InChI is InChI=1S/C20H14N2O7/c1-28-13-8-4-10(5-9-13)16(23)15-14-17(29-21-15)19(25)22(18(14)24)12-6-2-11(3-7-12)20(26)27/h2-9,14,17H,1H3,(H,26,27)/p-1/t14-,17-/m1/s1. The molecule has 9 heteroatoms. The summed E-state index contributed by atoms with van der Waals surface area (Å²) in [6, 6.07) is 11.3. The number of methoxy groups -OCH3 is 1. The van der Waals surface area contributed by atoms with Crippen molar-refractivity contribution in [1.29, 1.82) is 0 Å². The van der Waals surface area contributed by atoms with Crippen molar-refractivity contribution in [2.75, 3.05) is 12.0 Å². The summed E-state index contributed by atoms with van der Waals surface area (Å²) >= 11 is 0. The van der Waals surface area contributed by atoms with Crippen molar-refractivity contribution in [3.63, 3.8) is 0 Å². The molecule has 2 heterocycles. The van der Waals surface area contributed by atoms with Crippen molar-refractivity contribution in [2.24, 2.45) is 11.1 Å². The van der Waals surface area contributed by atoms with Crippen LogP contribution in [0.3, 0.4) is 0 Å². The number of carboxylic acid groups (broad SMARTS) is 1. The van der Waals surface area contributed by atoms with Crippen LogP contribution in [0.5, 0.6) is 5.75 Å². The van der Waals surface area contributed by atoms with Crippen molar-refractivity contribution in [3.05, 3.63) is 59.7 Å². The molecule has 1 fully saturated rings. The number of carbonyl (C=O) groups excluding carboxylic acids is 4. The molecular formula is C20H13N2O7-. The first-order valence-electron chi connectivity index (χ1n) is 8.54. The molecule has 0 spiro atoms. The molecule has 0 bridgehead atoms. The molecule has 0 unspecified atom stereocenters. The molecule has 2 aromatic carbocycles. The van der Waals surface area contributed by atoms with Crippen LogP contribution in [0.4, 0.5) is 5.69 Å². The third-order valence-electron chi connectivity index (χ3n) is 4.76. The van der Waals surface area contributed by atoms with Crippen LogP contribution in [0.2, 0.25) is 0 Å². The van der Waals surface area contributed by atoms with Gasteiger partial charge in [-0.2, -0.15) is 0 Å². The molecule has 0 aliphatic carbocycles. The van der Waals surface area contributed by atoms with Crippen LogP contribution >= 0.6 is 0 Å². The SMILES string of the molecule is COc1ccc(C(=O)C2=NO[C@H]3C(=O)N(c4ccc(C(=O)[O-])cc4)C(=O)[C@H]23)cc1. The monoisotopic (exact) mass is 393 g/mol. The van der Waals surface area contributed by atoms with Crippen LogP contribution in [-0.4, -0.2) is 42.5 Å². The molecule has 2 aromatic rings. The third-order valence-corrected chi connectivity index (χ3v) is 4.76. The highest BCUT2D eigenvalue weighted by Gasteiger charge is 2.57. The number of fused-ring (bicyclic) bond motifs is 1. The molecule has 2 atom stereocenters. The van der Waals surface area contributed by atoms with E-state index in [0.29, 0.717) is 5.75 Å². The molecule has 146 valence electrons. The summed E-state index contributed by atoms with van der Waals surface area (Å²) in [5.41, 5.74) is 0.179. The first kappa shape index (κ1) is 18.4. The summed E-state index contributed by atoms with van der Waals surface area (Å²) in [7, 11) is 1.49. The minimum Gasteiger partial charge on any atom is -0.545 e. The van der Waals surface area contributed by atoms with Gasteiger partial charge in [0.2, 0.25) is 17.8 Å². The quantitative estimate of drug-likeness (QED) is 0.524. The third kappa shape index (κ3) is 2.92. The average Bonchev–Trinajstić information content (AvgIpc) is 3.28. The zero-order valence-electron chi connectivity index (χ0n) is 15.0. The molecular weight excluding hydrogens is 380 g/mol. The van der Waals surface area contributed by atoms with Crippen LogP contribution in [0.25, 0.3) is 0 Å². The lowest BCUT2D eigenvalue weighted by molar-refractivity contribution is -0.255. The number of anilines is 1. The van der Waals surface area contributed by atoms with Crippen molar-refractivity contribution < 1.29 is 33.9 Å². The number of ketones is 1. The van der Waals surface area contributed by atoms with Crippen LogP contribution in [0, 0.1) is 5.92 Å². The molecule has 29 heavy (non-hydrogen) atoms. The number of nitrogens with zero attached hydrogens (tertiary/aromatic N) is 2. The van der Waals surface area contributed by atoms with E-state index < -0.39 is 35.6 Å². The average molecular weight is 393 g/mol. The Balaban J connectivity index is 1.61. The summed E-state index contributed by atoms with van der Waals surface area (Å²) in [4.78, 5) is 55.2. The number of aromatic carboxylic acids is 1. The Hall–Kier alpha value is -4.01. The predicted octanol–water partition coefficient (Wildman–Crippen LogP) is 0.186. The molecule has 0 radical (unpaired) electrons. The van der Waals surface area contributed by atoms with Crippen LogP contribution in [-0.2, 0) is 14.4 Å². The van der Waals surface area contributed by atoms with Crippen molar-refractivity contribution in [3.8, 4) is 5.75 Å². The first-order chi connectivity index (χ1) is 13.9. The van der Waals surface area contributed by atoms with E-state index in [1.807, 2.05) is 0 Å². The Morgan fingerprint density at radius 1 is 1.00 bits per heavy atom. The summed E-state index contributed by atoms with van der Waals surface area (Å²) in [5, 5.41) is 14.6. The Morgan fingerprint density at radius 3 is 2.21 bits per heavy atom. The first-order valence-corrected chi connectivity index (χ1v) is 8.54. The Kier molecular flexibility index (Phi) is 4.34. The number of carbonyl (C=O) groups is 4. The van der Waals surface area contributed by atoms with E-state index in [-0.39, 0.29) is 22.5 Å². The fourth-order valence-electron chi connectivity index (χ4n) is 3.26. The normalized spacial score (nSPS) is 20.2. The van der Waals surface area contributed by atoms with Gasteiger partial charge in [-0.3, -0.25) is 14.4 Å². The van der Waals surface area contributed by atoms with Gasteiger partial charge in [0.15, 0.2) is 0 Å². The Bertz CT molecular complexity index is 1060. The summed E-state index contributed by atoms with van der Waals surface area (Å²) < 4.78 is 5.05. The Labute approximate surface area is 164 Å². The maximum absolute atomic E-state index is 12.9. The minimum atomic E-state index is -1.38. The predicted molar refractivity (Wildman–Crippen MR) is 96.4 cm³/mol. The fraction of sp³-hybridized carbons (Fsp3) is 0.150. The second kappa shape index (κ2) is 6.86. The van der Waals surface area contributed by atoms with Gasteiger partial charge in [0, 0.05) is 5.56 Å². The summed E-state index contributed by atoms with van der Waals surface area (Å²) in [5.74, 6) is -3.87. The minimum absolute atomic E-state index is 0.0961. The highest BCUT2D eigenvalue weighted by Crippen LogP contribution is 2.34. The lowest BCUT2D eigenvalue weighted by Gasteiger charge is -2.16. The molecule has 9 nitrogen and oxygen atoms in total. The molecule has 1 saturated heterocycles. The zero-order chi connectivity index (χ0) is 20.7. The van der Waals surface area contributed by atoms with E-state index in [1.54, 1.807) is 12.1 Å². The van der Waals surface area contributed by atoms with Gasteiger partial charge < -0.3 is 19.5 Å². The Morgan fingerprint density at radius 2 is 1.62 bits per heavy atom. The van der Waals surface area contributed by atoms with Crippen molar-refractivity contribution >= 4 is 35.0 Å². The van der Waals surface area contributed by atoms with Crippen LogP contribution in [0.15, 0.2) is 53.7 Å². The van der Waals surface area contributed by atoms with E-state index in [1.165, 1.54) is 43.5 Å². The molecule has 4 rings (SSSR count). The lowest BCUT2D eigenvalue weighted by Crippen LogP contribution is -2.34. The van der Waals surface area contributed by atoms with Gasteiger partial charge in [0.25, 0.3) is 5.91 Å². The fourth-order valence-corrected chi connectivity index (χ4v) is 3.26. The number of rotatable bonds is 5. The van der Waals surface area contributed by atoms with Gasteiger partial charge in [0.05, 0.1) is 18.8 Å². The number of ether oxygens (including phenoxy) is 1. The largest absolute Gasteiger partial charge is 0.545 e. The van der Waals surface area contributed by atoms with Gasteiger partial charge in [-0.05, 0) is 42.0 Å². The lowest BCUT2D eigenvalue weighted by atomic mass is 9.93. The van der Waals surface area contributed by atoms with Crippen LogP contribution in [0.1, 0.15) is 20.7 Å². The van der Waals surface area contributed by atoms with E-state index in [2.05, 4.69) is 5.16 Å². The number of benzene rings is 2. The van der Waals surface area contributed by atoms with E-state index in [9.17, 15) is 24.3 Å². The molecule has 2 aliphatic rings. The van der Waals surface area contributed by atoms with E-state index in [0.717, 1.165) is 4.90 Å². The van der Waals surface area contributed by atoms with Crippen molar-refractivity contribution in [1.82, 2.24) is 0 Å².